The number of thioether (sulfide) groups is 1. The summed E-state index contributed by atoms with van der Waals surface area (Å²) in [5.74, 6) is 0.644. The average Bonchev–Trinajstić information content (AvgIpc) is 3.37. The molecule has 0 bridgehead atoms. The van der Waals surface area contributed by atoms with Crippen LogP contribution in [0.15, 0.2) is 72.1 Å². The van der Waals surface area contributed by atoms with Gasteiger partial charge in [-0.1, -0.05) is 53.7 Å². The first kappa shape index (κ1) is 17.7. The fourth-order valence-corrected chi connectivity index (χ4v) is 4.20. The van der Waals surface area contributed by atoms with Gasteiger partial charge in [0.25, 0.3) is 0 Å². The molecule has 0 aliphatic carbocycles. The zero-order chi connectivity index (χ0) is 19.8. The Bertz CT molecular complexity index is 1380. The number of hydrogen-bond acceptors (Lipinski definition) is 5. The van der Waals surface area contributed by atoms with Crippen molar-refractivity contribution in [3.8, 4) is 17.3 Å². The highest BCUT2D eigenvalue weighted by Crippen LogP contribution is 2.27. The van der Waals surface area contributed by atoms with Gasteiger partial charge >= 0.3 is 0 Å². The Morgan fingerprint density at radius 1 is 1.03 bits per heavy atom. The lowest BCUT2D eigenvalue weighted by molar-refractivity contribution is 0.895. The minimum atomic E-state index is 0.644. The number of fused-ring (bicyclic) bond motifs is 3. The Morgan fingerprint density at radius 2 is 1.86 bits per heavy atom. The first-order valence-electron chi connectivity index (χ1n) is 8.83. The van der Waals surface area contributed by atoms with Gasteiger partial charge in [-0.25, -0.2) is 4.52 Å². The molecule has 3 aromatic heterocycles. The standard InChI is InChI=1S/C21H13ClN6S/c22-17-7-5-14(6-8-17)18-11-19-20-24-25-21(27(20)9-10-28(19)26-18)29-13-16-4-2-1-3-15(16)12-23/h1-11H,13H2. The van der Waals surface area contributed by atoms with Crippen LogP contribution in [-0.2, 0) is 5.75 Å². The lowest BCUT2D eigenvalue weighted by Gasteiger charge is -2.03. The van der Waals surface area contributed by atoms with Crippen LogP contribution in [0.4, 0.5) is 0 Å². The van der Waals surface area contributed by atoms with Crippen molar-refractivity contribution >= 4 is 34.5 Å². The summed E-state index contributed by atoms with van der Waals surface area (Å²) in [5.41, 5.74) is 5.09. The molecule has 0 N–H and O–H groups in total. The number of benzene rings is 2. The zero-order valence-electron chi connectivity index (χ0n) is 15.0. The maximum absolute atomic E-state index is 9.27. The largest absolute Gasteiger partial charge is 0.274 e. The molecule has 3 heterocycles. The van der Waals surface area contributed by atoms with Gasteiger partial charge in [0.1, 0.15) is 5.52 Å². The second kappa shape index (κ2) is 7.24. The minimum Gasteiger partial charge on any atom is -0.274 e. The number of halogens is 1. The molecule has 0 aliphatic heterocycles. The Balaban J connectivity index is 1.50. The predicted molar refractivity (Wildman–Crippen MR) is 113 cm³/mol. The van der Waals surface area contributed by atoms with E-state index in [0.717, 1.165) is 33.1 Å². The van der Waals surface area contributed by atoms with Crippen molar-refractivity contribution in [2.75, 3.05) is 0 Å². The third-order valence-corrected chi connectivity index (χ3v) is 5.86. The third-order valence-electron chi connectivity index (χ3n) is 4.62. The molecule has 2 aromatic carbocycles. The molecule has 0 radical (unpaired) electrons. The van der Waals surface area contributed by atoms with Gasteiger partial charge in [-0.3, -0.25) is 4.40 Å². The van der Waals surface area contributed by atoms with Gasteiger partial charge in [-0.15, -0.1) is 10.2 Å². The van der Waals surface area contributed by atoms with E-state index in [-0.39, 0.29) is 0 Å². The predicted octanol–water partition coefficient (Wildman–Crippen LogP) is 4.86. The Morgan fingerprint density at radius 3 is 2.69 bits per heavy atom. The van der Waals surface area contributed by atoms with Crippen LogP contribution < -0.4 is 0 Å². The molecule has 5 rings (SSSR count). The van der Waals surface area contributed by atoms with Gasteiger partial charge in [0.2, 0.25) is 0 Å². The second-order valence-corrected chi connectivity index (χ2v) is 7.78. The Labute approximate surface area is 175 Å². The van der Waals surface area contributed by atoms with Gasteiger partial charge in [-0.05, 0) is 29.8 Å². The summed E-state index contributed by atoms with van der Waals surface area (Å²) in [5, 5.41) is 24.1. The van der Waals surface area contributed by atoms with E-state index in [1.807, 2.05) is 71.4 Å². The summed E-state index contributed by atoms with van der Waals surface area (Å²) in [6, 6.07) is 19.4. The highest BCUT2D eigenvalue weighted by molar-refractivity contribution is 7.98. The molecule has 0 amide bonds. The summed E-state index contributed by atoms with van der Waals surface area (Å²) in [6.45, 7) is 0. The SMILES string of the molecule is N#Cc1ccccc1CSc1nnc2c3cc(-c4ccc(Cl)cc4)nn3ccn12. The molecule has 140 valence electrons. The molecular formula is C21H13ClN6S. The van der Waals surface area contributed by atoms with Crippen LogP contribution in [0.25, 0.3) is 22.4 Å². The van der Waals surface area contributed by atoms with Crippen LogP contribution >= 0.6 is 23.4 Å². The van der Waals surface area contributed by atoms with Crippen molar-refractivity contribution in [1.82, 2.24) is 24.2 Å². The summed E-state index contributed by atoms with van der Waals surface area (Å²) in [7, 11) is 0. The fraction of sp³-hybridized carbons (Fsp3) is 0.0476. The van der Waals surface area contributed by atoms with Crippen molar-refractivity contribution in [2.24, 2.45) is 0 Å². The number of rotatable bonds is 4. The van der Waals surface area contributed by atoms with Gasteiger partial charge in [-0.2, -0.15) is 10.4 Å². The lowest BCUT2D eigenvalue weighted by atomic mass is 10.1. The third kappa shape index (κ3) is 3.23. The van der Waals surface area contributed by atoms with Crippen molar-refractivity contribution < 1.29 is 0 Å². The summed E-state index contributed by atoms with van der Waals surface area (Å²) in [4.78, 5) is 0. The maximum atomic E-state index is 9.27. The van der Waals surface area contributed by atoms with E-state index >= 15 is 0 Å². The van der Waals surface area contributed by atoms with Gasteiger partial charge in [0, 0.05) is 28.7 Å². The van der Waals surface area contributed by atoms with Crippen LogP contribution in [0, 0.1) is 11.3 Å². The highest BCUT2D eigenvalue weighted by atomic mass is 35.5. The topological polar surface area (TPSA) is 71.3 Å². The van der Waals surface area contributed by atoms with E-state index in [2.05, 4.69) is 21.4 Å². The van der Waals surface area contributed by atoms with E-state index in [9.17, 15) is 5.26 Å². The van der Waals surface area contributed by atoms with Crippen molar-refractivity contribution in [2.45, 2.75) is 10.9 Å². The Kier molecular flexibility index (Phi) is 4.43. The Hall–Kier alpha value is -3.34. The van der Waals surface area contributed by atoms with E-state index in [1.54, 1.807) is 16.3 Å². The monoisotopic (exact) mass is 416 g/mol. The number of aromatic nitrogens is 5. The number of nitrogens with zero attached hydrogens (tertiary/aromatic N) is 6. The van der Waals surface area contributed by atoms with Crippen LogP contribution in [0.5, 0.6) is 0 Å². The molecule has 0 fully saturated rings. The molecule has 5 aromatic rings. The highest BCUT2D eigenvalue weighted by Gasteiger charge is 2.13. The van der Waals surface area contributed by atoms with Crippen molar-refractivity contribution in [3.05, 3.63) is 83.1 Å². The minimum absolute atomic E-state index is 0.644. The van der Waals surface area contributed by atoms with E-state index in [0.29, 0.717) is 16.3 Å². The van der Waals surface area contributed by atoms with Crippen molar-refractivity contribution in [3.63, 3.8) is 0 Å². The second-order valence-electron chi connectivity index (χ2n) is 6.40. The number of hydrogen-bond donors (Lipinski definition) is 0. The summed E-state index contributed by atoms with van der Waals surface area (Å²) in [6.07, 6.45) is 3.79. The summed E-state index contributed by atoms with van der Waals surface area (Å²) >= 11 is 7.53. The van der Waals surface area contributed by atoms with Gasteiger partial charge in [0.05, 0.1) is 17.3 Å². The molecule has 0 unspecified atom stereocenters. The van der Waals surface area contributed by atoms with Crippen LogP contribution in [0.3, 0.4) is 0 Å². The average molecular weight is 417 g/mol. The van der Waals surface area contributed by atoms with Gasteiger partial charge < -0.3 is 0 Å². The fourth-order valence-electron chi connectivity index (χ4n) is 3.15. The van der Waals surface area contributed by atoms with E-state index < -0.39 is 0 Å². The van der Waals surface area contributed by atoms with Crippen LogP contribution in [0.2, 0.25) is 5.02 Å². The first-order valence-corrected chi connectivity index (χ1v) is 10.2. The molecule has 0 saturated carbocycles. The summed E-state index contributed by atoms with van der Waals surface area (Å²) < 4.78 is 3.75. The lowest BCUT2D eigenvalue weighted by Crippen LogP contribution is -1.94. The molecule has 8 heteroatoms. The molecule has 0 saturated heterocycles. The van der Waals surface area contributed by atoms with E-state index in [4.69, 9.17) is 11.6 Å². The molecule has 0 atom stereocenters. The number of nitriles is 1. The normalized spacial score (nSPS) is 11.2. The molecule has 29 heavy (non-hydrogen) atoms. The van der Waals surface area contributed by atoms with Crippen LogP contribution in [-0.4, -0.2) is 24.2 Å². The maximum Gasteiger partial charge on any atom is 0.196 e. The van der Waals surface area contributed by atoms with Crippen molar-refractivity contribution in [1.29, 1.82) is 5.26 Å². The smallest absolute Gasteiger partial charge is 0.196 e. The molecule has 6 nitrogen and oxygen atoms in total. The molecule has 0 spiro atoms. The first-order chi connectivity index (χ1) is 14.2. The van der Waals surface area contributed by atoms with Gasteiger partial charge in [0.15, 0.2) is 10.8 Å². The molecular weight excluding hydrogens is 404 g/mol. The quantitative estimate of drug-likeness (QED) is 0.391. The zero-order valence-corrected chi connectivity index (χ0v) is 16.6. The molecule has 0 aliphatic rings. The van der Waals surface area contributed by atoms with Crippen LogP contribution in [0.1, 0.15) is 11.1 Å². The van der Waals surface area contributed by atoms with E-state index in [1.165, 1.54) is 0 Å².